The molecule has 0 aliphatic rings. The number of carboxylic acids is 1. The van der Waals surface area contributed by atoms with Gasteiger partial charge in [-0.2, -0.15) is 0 Å². The molecule has 0 aliphatic carbocycles. The lowest BCUT2D eigenvalue weighted by atomic mass is 10.0. The number of carbonyl (C=O) groups excluding carboxylic acids is 10. The van der Waals surface area contributed by atoms with Gasteiger partial charge < -0.3 is 53.8 Å². The summed E-state index contributed by atoms with van der Waals surface area (Å²) in [6, 6.07) is 0. The molecule has 3 amide bonds. The van der Waals surface area contributed by atoms with Crippen molar-refractivity contribution < 1.29 is 91.0 Å². The largest absolute Gasteiger partial charge is 0.481 e. The molecule has 0 radical (unpaired) electrons. The second-order valence-corrected chi connectivity index (χ2v) is 12.0. The Morgan fingerprint density at radius 2 is 1.11 bits per heavy atom. The molecule has 0 spiro atoms. The van der Waals surface area contributed by atoms with E-state index in [4.69, 9.17) is 38.3 Å². The Bertz CT molecular complexity index is 1420. The van der Waals surface area contributed by atoms with Crippen molar-refractivity contribution in [2.75, 3.05) is 39.4 Å². The molecule has 22 nitrogen and oxygen atoms in total. The van der Waals surface area contributed by atoms with Crippen molar-refractivity contribution >= 4 is 65.5 Å². The summed E-state index contributed by atoms with van der Waals surface area (Å²) < 4.78 is 35.6. The first kappa shape index (κ1) is 50.2. The van der Waals surface area contributed by atoms with E-state index in [2.05, 4.69) is 10.6 Å². The maximum atomic E-state index is 13.4. The molecule has 0 saturated heterocycles. The number of esters is 7. The molecule has 0 bridgehead atoms. The van der Waals surface area contributed by atoms with Gasteiger partial charge in [-0.25, -0.2) is 0 Å². The van der Waals surface area contributed by atoms with Gasteiger partial charge in [-0.1, -0.05) is 0 Å². The molecule has 0 rings (SSSR count). The number of hydrogen-bond donors (Lipinski definition) is 3. The van der Waals surface area contributed by atoms with Crippen LogP contribution in [-0.4, -0.2) is 145 Å². The summed E-state index contributed by atoms with van der Waals surface area (Å²) in [6.07, 6.45) is -9.16. The van der Waals surface area contributed by atoms with E-state index in [-0.39, 0.29) is 52.2 Å². The van der Waals surface area contributed by atoms with Gasteiger partial charge in [0.2, 0.25) is 17.9 Å². The molecule has 0 aromatic heterocycles. The SMILES string of the molecule is CC(=O)OCC[C@@H](OC(C)=O)[C@H](OC(C)=O)[C@@H](OC(C)=O)C(=O)NCCN(CCNC(=O)C[C@@H](C[C@@H](COC(C)=O)OC(C)=O)OC(C)=O)C(=O)CCC(=O)O. The molecule has 3 N–H and O–H groups in total. The summed E-state index contributed by atoms with van der Waals surface area (Å²) in [7, 11) is 0. The van der Waals surface area contributed by atoms with Crippen LogP contribution in [0.1, 0.15) is 80.6 Å². The summed E-state index contributed by atoms with van der Waals surface area (Å²) in [5.41, 5.74) is 0. The van der Waals surface area contributed by atoms with Crippen LogP contribution in [0.5, 0.6) is 0 Å². The quantitative estimate of drug-likeness (QED) is 0.0688. The fourth-order valence-corrected chi connectivity index (χ4v) is 4.85. The Morgan fingerprint density at radius 3 is 1.61 bits per heavy atom. The standard InChI is InChI=1S/C34H51N3O19/c1-19(38)50-15-10-28(54-23(5)42)32(55-24(6)43)33(56-25(7)44)34(49)36-12-14-37(30(46)8-9-31(47)48)13-11-35-29(45)17-26(52-21(3)40)16-27(53-22(4)41)18-51-20(2)39/h26-28,32-33H,8-18H2,1-7H3,(H,35,45)(H,36,49)(H,47,48)/t26-,27+,28-,32+,33-/m1/s1. The molecule has 0 heterocycles. The molecule has 316 valence electrons. The summed E-state index contributed by atoms with van der Waals surface area (Å²) >= 11 is 0. The van der Waals surface area contributed by atoms with Crippen molar-refractivity contribution in [3.8, 4) is 0 Å². The van der Waals surface area contributed by atoms with Gasteiger partial charge in [0.1, 0.15) is 24.9 Å². The summed E-state index contributed by atoms with van der Waals surface area (Å²) in [4.78, 5) is 133. The highest BCUT2D eigenvalue weighted by molar-refractivity contribution is 5.85. The molecule has 0 fully saturated rings. The third-order valence-corrected chi connectivity index (χ3v) is 6.91. The Balaban J connectivity index is 5.93. The van der Waals surface area contributed by atoms with E-state index in [9.17, 15) is 52.7 Å². The number of hydrogen-bond acceptors (Lipinski definition) is 18. The zero-order valence-corrected chi connectivity index (χ0v) is 32.4. The first-order chi connectivity index (χ1) is 26.1. The molecule has 0 unspecified atom stereocenters. The molecule has 0 aromatic carbocycles. The Hall–Kier alpha value is -5.83. The first-order valence-electron chi connectivity index (χ1n) is 17.3. The maximum absolute atomic E-state index is 13.4. The molecular formula is C34H51N3O19. The predicted molar refractivity (Wildman–Crippen MR) is 184 cm³/mol. The lowest BCUT2D eigenvalue weighted by Crippen LogP contribution is -2.53. The van der Waals surface area contributed by atoms with Crippen LogP contribution < -0.4 is 10.6 Å². The number of aliphatic carboxylic acids is 1. The van der Waals surface area contributed by atoms with E-state index >= 15 is 0 Å². The minimum absolute atomic E-state index is 0.209. The van der Waals surface area contributed by atoms with Crippen LogP contribution in [-0.2, 0) is 85.9 Å². The van der Waals surface area contributed by atoms with Gasteiger partial charge >= 0.3 is 47.8 Å². The Kier molecular flexibility index (Phi) is 24.1. The fraction of sp³-hybridized carbons (Fsp3) is 0.676. The molecule has 22 heteroatoms. The van der Waals surface area contributed by atoms with Gasteiger partial charge in [0.25, 0.3) is 5.91 Å². The van der Waals surface area contributed by atoms with E-state index in [0.29, 0.717) is 0 Å². The molecule has 56 heavy (non-hydrogen) atoms. The van der Waals surface area contributed by atoms with Gasteiger partial charge in [-0.15, -0.1) is 0 Å². The highest BCUT2D eigenvalue weighted by atomic mass is 16.6. The van der Waals surface area contributed by atoms with Crippen molar-refractivity contribution in [3.63, 3.8) is 0 Å². The van der Waals surface area contributed by atoms with Gasteiger partial charge in [-0.05, 0) is 0 Å². The molecule has 5 atom stereocenters. The third-order valence-electron chi connectivity index (χ3n) is 6.91. The van der Waals surface area contributed by atoms with Crippen LogP contribution in [0.2, 0.25) is 0 Å². The molecular weight excluding hydrogens is 754 g/mol. The molecule has 0 aromatic rings. The number of ether oxygens (including phenoxy) is 7. The minimum Gasteiger partial charge on any atom is -0.481 e. The van der Waals surface area contributed by atoms with E-state index in [1.54, 1.807) is 0 Å². The monoisotopic (exact) mass is 805 g/mol. The van der Waals surface area contributed by atoms with Crippen molar-refractivity contribution in [3.05, 3.63) is 0 Å². The van der Waals surface area contributed by atoms with E-state index in [0.717, 1.165) is 53.4 Å². The number of nitrogens with zero attached hydrogens (tertiary/aromatic N) is 1. The van der Waals surface area contributed by atoms with E-state index in [1.165, 1.54) is 0 Å². The van der Waals surface area contributed by atoms with Crippen molar-refractivity contribution in [2.45, 2.75) is 111 Å². The van der Waals surface area contributed by atoms with Crippen LogP contribution in [0.4, 0.5) is 0 Å². The molecule has 0 aliphatic heterocycles. The summed E-state index contributed by atoms with van der Waals surface area (Å²) in [5.74, 6) is -9.31. The number of nitrogens with one attached hydrogen (secondary N) is 2. The number of rotatable bonds is 26. The highest BCUT2D eigenvalue weighted by Gasteiger charge is 2.41. The van der Waals surface area contributed by atoms with Crippen LogP contribution in [0.15, 0.2) is 0 Å². The topological polar surface area (TPSA) is 300 Å². The van der Waals surface area contributed by atoms with Crippen LogP contribution in [0.25, 0.3) is 0 Å². The maximum Gasteiger partial charge on any atom is 0.303 e. The normalized spacial score (nSPS) is 13.1. The minimum atomic E-state index is -1.91. The van der Waals surface area contributed by atoms with Gasteiger partial charge in [-0.3, -0.25) is 52.7 Å². The average molecular weight is 806 g/mol. The lowest BCUT2D eigenvalue weighted by molar-refractivity contribution is -0.187. The van der Waals surface area contributed by atoms with Crippen molar-refractivity contribution in [1.82, 2.24) is 15.5 Å². The first-order valence-corrected chi connectivity index (χ1v) is 17.3. The van der Waals surface area contributed by atoms with Crippen molar-refractivity contribution in [1.29, 1.82) is 0 Å². The zero-order chi connectivity index (χ0) is 43.0. The fourth-order valence-electron chi connectivity index (χ4n) is 4.85. The number of amides is 3. The summed E-state index contributed by atoms with van der Waals surface area (Å²) in [5, 5.41) is 14.0. The van der Waals surface area contributed by atoms with Crippen LogP contribution in [0, 0.1) is 0 Å². The van der Waals surface area contributed by atoms with E-state index in [1.807, 2.05) is 0 Å². The van der Waals surface area contributed by atoms with Crippen LogP contribution >= 0.6 is 0 Å². The smallest absolute Gasteiger partial charge is 0.303 e. The van der Waals surface area contributed by atoms with Gasteiger partial charge in [0.05, 0.1) is 19.4 Å². The number of carboxylic acid groups (broad SMARTS) is 1. The van der Waals surface area contributed by atoms with Crippen molar-refractivity contribution in [2.24, 2.45) is 0 Å². The van der Waals surface area contributed by atoms with Gasteiger partial charge in [0.15, 0.2) is 6.10 Å². The van der Waals surface area contributed by atoms with E-state index < -0.39 is 115 Å². The Morgan fingerprint density at radius 1 is 0.589 bits per heavy atom. The zero-order valence-electron chi connectivity index (χ0n) is 32.4. The molecule has 0 saturated carbocycles. The highest BCUT2D eigenvalue weighted by Crippen LogP contribution is 2.18. The third kappa shape index (κ3) is 24.5. The second-order valence-electron chi connectivity index (χ2n) is 12.0. The predicted octanol–water partition coefficient (Wildman–Crippen LogP) is -1.13. The number of carbonyl (C=O) groups is 11. The lowest BCUT2D eigenvalue weighted by Gasteiger charge is -2.31. The second kappa shape index (κ2) is 26.9. The average Bonchev–Trinajstić information content (AvgIpc) is 3.05. The Labute approximate surface area is 322 Å². The van der Waals surface area contributed by atoms with Crippen LogP contribution in [0.3, 0.4) is 0 Å². The summed E-state index contributed by atoms with van der Waals surface area (Å²) in [6.45, 7) is 5.65. The van der Waals surface area contributed by atoms with Gasteiger partial charge in [0, 0.05) is 93.9 Å².